The molecule has 2 aromatic heterocycles. The number of hydrogen-bond donors (Lipinski definition) is 2. The average molecular weight is 520 g/mol. The molecule has 176 valence electrons. The summed E-state index contributed by atoms with van der Waals surface area (Å²) in [5.74, 6) is 1.47. The van der Waals surface area contributed by atoms with Crippen molar-refractivity contribution in [3.63, 3.8) is 0 Å². The van der Waals surface area contributed by atoms with Crippen LogP contribution in [-0.4, -0.2) is 44.0 Å². The van der Waals surface area contributed by atoms with Gasteiger partial charge in [0.25, 0.3) is 0 Å². The van der Waals surface area contributed by atoms with Gasteiger partial charge in [0.2, 0.25) is 22.1 Å². The highest BCUT2D eigenvalue weighted by Crippen LogP contribution is 2.34. The van der Waals surface area contributed by atoms with Crippen molar-refractivity contribution < 1.29 is 9.59 Å². The maximum absolute atomic E-state index is 11.5. The first kappa shape index (κ1) is 25.3. The molecule has 2 N–H and O–H groups in total. The van der Waals surface area contributed by atoms with Crippen molar-refractivity contribution in [2.45, 2.75) is 64.2 Å². The van der Waals surface area contributed by atoms with Gasteiger partial charge >= 0.3 is 0 Å². The van der Waals surface area contributed by atoms with Crippen molar-refractivity contribution in [2.75, 3.05) is 22.4 Å². The number of nitrogens with zero attached hydrogens (tertiary/aromatic N) is 4. The van der Waals surface area contributed by atoms with E-state index in [1.165, 1.54) is 22.7 Å². The molecule has 0 radical (unpaired) electrons. The molecular formula is C20H28Cl2N6O2S2. The predicted molar refractivity (Wildman–Crippen MR) is 130 cm³/mol. The molecule has 0 bridgehead atoms. The number of rotatable bonds is 8. The van der Waals surface area contributed by atoms with Gasteiger partial charge in [0, 0.05) is 34.4 Å². The highest BCUT2D eigenvalue weighted by Gasteiger charge is 2.32. The highest BCUT2D eigenvalue weighted by atomic mass is 35.5. The highest BCUT2D eigenvalue weighted by molar-refractivity contribution is 7.15. The van der Waals surface area contributed by atoms with Gasteiger partial charge in [-0.15, -0.1) is 43.6 Å². The Morgan fingerprint density at radius 2 is 1.12 bits per heavy atom. The number of halogens is 2. The molecule has 2 amide bonds. The molecule has 4 rings (SSSR count). The first-order chi connectivity index (χ1) is 15.1. The van der Waals surface area contributed by atoms with E-state index in [0.29, 0.717) is 22.0 Å². The lowest BCUT2D eigenvalue weighted by atomic mass is 9.98. The fourth-order valence-corrected chi connectivity index (χ4v) is 4.42. The van der Waals surface area contributed by atoms with E-state index in [1.54, 1.807) is 0 Å². The van der Waals surface area contributed by atoms with Gasteiger partial charge in [0.15, 0.2) is 0 Å². The van der Waals surface area contributed by atoms with Crippen LogP contribution in [0.1, 0.15) is 63.4 Å². The number of aromatic nitrogens is 4. The summed E-state index contributed by atoms with van der Waals surface area (Å²) in [6, 6.07) is 0. The van der Waals surface area contributed by atoms with E-state index in [1.807, 2.05) is 27.7 Å². The molecule has 2 saturated carbocycles. The lowest BCUT2D eigenvalue weighted by molar-refractivity contribution is -0.118. The van der Waals surface area contributed by atoms with Crippen LogP contribution in [0.5, 0.6) is 0 Å². The van der Waals surface area contributed by atoms with Gasteiger partial charge in [-0.25, -0.2) is 0 Å². The van der Waals surface area contributed by atoms with Crippen molar-refractivity contribution in [3.8, 4) is 0 Å². The lowest BCUT2D eigenvalue weighted by Crippen LogP contribution is -2.18. The Morgan fingerprint density at radius 3 is 1.41 bits per heavy atom. The van der Waals surface area contributed by atoms with Crippen LogP contribution in [0.4, 0.5) is 10.3 Å². The zero-order chi connectivity index (χ0) is 23.5. The maximum Gasteiger partial charge on any atom is 0.229 e. The maximum atomic E-state index is 11.5. The zero-order valence-corrected chi connectivity index (χ0v) is 21.7. The summed E-state index contributed by atoms with van der Waals surface area (Å²) >= 11 is 14.5. The van der Waals surface area contributed by atoms with Crippen molar-refractivity contribution in [2.24, 2.45) is 11.8 Å². The lowest BCUT2D eigenvalue weighted by Gasteiger charge is -2.16. The summed E-state index contributed by atoms with van der Waals surface area (Å²) in [5, 5.41) is 24.5. The molecule has 0 aromatic carbocycles. The van der Waals surface area contributed by atoms with Crippen LogP contribution >= 0.6 is 45.9 Å². The van der Waals surface area contributed by atoms with Gasteiger partial charge in [0.05, 0.1) is 0 Å². The molecule has 2 fully saturated rings. The minimum Gasteiger partial charge on any atom is -0.300 e. The fraction of sp³-hybridized carbons (Fsp3) is 0.700. The number of alkyl halides is 2. The average Bonchev–Trinajstić information content (AvgIpc) is 3.69. The summed E-state index contributed by atoms with van der Waals surface area (Å²) in [7, 11) is 0. The van der Waals surface area contributed by atoms with Crippen molar-refractivity contribution in [1.82, 2.24) is 20.4 Å². The van der Waals surface area contributed by atoms with E-state index in [-0.39, 0.29) is 34.5 Å². The molecule has 0 aliphatic heterocycles. The molecule has 32 heavy (non-hydrogen) atoms. The summed E-state index contributed by atoms with van der Waals surface area (Å²) in [6.07, 6.45) is 3.96. The molecule has 0 atom stereocenters. The summed E-state index contributed by atoms with van der Waals surface area (Å²) in [5.41, 5.74) is -0.385. The van der Waals surface area contributed by atoms with Gasteiger partial charge in [-0.1, -0.05) is 50.4 Å². The van der Waals surface area contributed by atoms with Crippen LogP contribution in [0.2, 0.25) is 0 Å². The van der Waals surface area contributed by atoms with Gasteiger partial charge in [-0.05, 0) is 25.7 Å². The molecule has 12 heteroatoms. The summed E-state index contributed by atoms with van der Waals surface area (Å²) in [4.78, 5) is 23.0. The van der Waals surface area contributed by atoms with Gasteiger partial charge in [-0.3, -0.25) is 9.59 Å². The number of carbonyl (C=O) groups excluding carboxylic acids is 2. The zero-order valence-electron chi connectivity index (χ0n) is 18.6. The molecule has 8 nitrogen and oxygen atoms in total. The second kappa shape index (κ2) is 10.3. The van der Waals surface area contributed by atoms with Crippen molar-refractivity contribution in [3.05, 3.63) is 10.0 Å². The first-order valence-corrected chi connectivity index (χ1v) is 13.2. The van der Waals surface area contributed by atoms with Gasteiger partial charge in [0.1, 0.15) is 10.0 Å². The third-order valence-corrected chi connectivity index (χ3v) is 8.78. The number of anilines is 2. The molecular weight excluding hydrogens is 491 g/mol. The standard InChI is InChI=1S/2C10H14ClN3OS/c2*1-10(2,5-11)8-13-14-9(16-8)12-7(15)6-3-4-6/h2*6H,3-5H2,1-2H3,(H,12,14,15). The summed E-state index contributed by atoms with van der Waals surface area (Å²) in [6.45, 7) is 8.03. The van der Waals surface area contributed by atoms with Crippen LogP contribution in [0.25, 0.3) is 0 Å². The fourth-order valence-electron chi connectivity index (χ4n) is 2.31. The van der Waals surface area contributed by atoms with Crippen LogP contribution < -0.4 is 10.6 Å². The molecule has 0 spiro atoms. The second-order valence-corrected chi connectivity index (χ2v) is 11.9. The smallest absolute Gasteiger partial charge is 0.229 e. The largest absolute Gasteiger partial charge is 0.300 e. The number of nitrogens with one attached hydrogen (secondary N) is 2. The SMILES string of the molecule is CC(C)(CCl)c1nnc(NC(=O)C2CC2)s1.CC(C)(CCl)c1nnc(NC(=O)C2CC2)s1. The second-order valence-electron chi connectivity index (χ2n) is 9.39. The molecule has 2 aliphatic rings. The summed E-state index contributed by atoms with van der Waals surface area (Å²) < 4.78 is 0. The third kappa shape index (κ3) is 6.82. The van der Waals surface area contributed by atoms with E-state index >= 15 is 0 Å². The minimum absolute atomic E-state index is 0.0615. The molecule has 0 saturated heterocycles. The Morgan fingerprint density at radius 1 is 0.781 bits per heavy atom. The Hall–Kier alpha value is -1.36. The molecule has 2 heterocycles. The minimum atomic E-state index is -0.193. The normalized spacial score (nSPS) is 16.2. The van der Waals surface area contributed by atoms with E-state index in [0.717, 1.165) is 35.7 Å². The Balaban J connectivity index is 0.000000181. The van der Waals surface area contributed by atoms with Crippen LogP contribution in [0.3, 0.4) is 0 Å². The van der Waals surface area contributed by atoms with E-state index in [9.17, 15) is 9.59 Å². The first-order valence-electron chi connectivity index (χ1n) is 10.5. The topological polar surface area (TPSA) is 110 Å². The molecule has 2 aromatic rings. The van der Waals surface area contributed by atoms with E-state index in [4.69, 9.17) is 23.2 Å². The molecule has 2 aliphatic carbocycles. The number of amides is 2. The van der Waals surface area contributed by atoms with Crippen LogP contribution in [-0.2, 0) is 20.4 Å². The Labute approximate surface area is 205 Å². The van der Waals surface area contributed by atoms with Gasteiger partial charge < -0.3 is 10.6 Å². The van der Waals surface area contributed by atoms with Crippen LogP contribution in [0, 0.1) is 11.8 Å². The van der Waals surface area contributed by atoms with Crippen LogP contribution in [0.15, 0.2) is 0 Å². The van der Waals surface area contributed by atoms with Crippen molar-refractivity contribution >= 4 is 68.0 Å². The van der Waals surface area contributed by atoms with Gasteiger partial charge in [-0.2, -0.15) is 0 Å². The third-order valence-electron chi connectivity index (χ3n) is 5.03. The number of hydrogen-bond acceptors (Lipinski definition) is 8. The monoisotopic (exact) mass is 518 g/mol. The quantitative estimate of drug-likeness (QED) is 0.485. The number of carbonyl (C=O) groups is 2. The molecule has 0 unspecified atom stereocenters. The predicted octanol–water partition coefficient (Wildman–Crippen LogP) is 4.81. The van der Waals surface area contributed by atoms with Crippen molar-refractivity contribution in [1.29, 1.82) is 0 Å². The Kier molecular flexibility index (Phi) is 8.11. The Bertz CT molecular complexity index is 877. The van der Waals surface area contributed by atoms with E-state index in [2.05, 4.69) is 31.0 Å². The van der Waals surface area contributed by atoms with E-state index < -0.39 is 0 Å².